The molecule has 0 saturated carbocycles. The number of hydrogen-bond acceptors (Lipinski definition) is 15. The lowest BCUT2D eigenvalue weighted by atomic mass is 10.0. The van der Waals surface area contributed by atoms with Crippen LogP contribution in [0.15, 0.2) is 84.3 Å². The van der Waals surface area contributed by atoms with Gasteiger partial charge in [0.2, 0.25) is 0 Å². The highest BCUT2D eigenvalue weighted by Gasteiger charge is 2.64. The van der Waals surface area contributed by atoms with Crippen molar-refractivity contribution in [3.05, 3.63) is 84.9 Å². The minimum Gasteiger partial charge on any atom is -0.462 e. The quantitative estimate of drug-likeness (QED) is 0.130. The molecule has 296 valence electrons. The van der Waals surface area contributed by atoms with E-state index in [0.29, 0.717) is 22.8 Å². The summed E-state index contributed by atoms with van der Waals surface area (Å²) in [5.41, 5.74) is -1.15. The molecule has 6 atom stereocenters. The third-order valence-electron chi connectivity index (χ3n) is 9.76. The lowest BCUT2D eigenvalue weighted by Gasteiger charge is -2.37. The van der Waals surface area contributed by atoms with Gasteiger partial charge in [-0.25, -0.2) is 19.7 Å². The van der Waals surface area contributed by atoms with Gasteiger partial charge < -0.3 is 39.0 Å². The zero-order valence-corrected chi connectivity index (χ0v) is 31.9. The molecule has 0 spiro atoms. The molecule has 2 fully saturated rings. The molecule has 56 heavy (non-hydrogen) atoms. The second-order valence-electron chi connectivity index (χ2n) is 13.4. The maximum Gasteiger partial charge on any atom is 0.363 e. The largest absolute Gasteiger partial charge is 0.462 e. The van der Waals surface area contributed by atoms with Gasteiger partial charge in [-0.1, -0.05) is 42.5 Å². The van der Waals surface area contributed by atoms with E-state index in [9.17, 15) is 23.1 Å². The van der Waals surface area contributed by atoms with Crippen molar-refractivity contribution in [1.82, 2.24) is 19.5 Å². The molecule has 17 nitrogen and oxygen atoms in total. The first-order valence-electron chi connectivity index (χ1n) is 17.9. The Labute approximate surface area is 322 Å². The van der Waals surface area contributed by atoms with Gasteiger partial charge in [-0.3, -0.25) is 13.5 Å². The Bertz CT molecular complexity index is 2330. The van der Waals surface area contributed by atoms with Gasteiger partial charge in [0.1, 0.15) is 35.9 Å². The molecule has 4 heterocycles. The zero-order valence-electron chi connectivity index (χ0n) is 31.1. The number of nitrogens with one attached hydrogen (secondary N) is 1. The summed E-state index contributed by atoms with van der Waals surface area (Å²) in [6.45, 7) is 1.01. The molecular weight excluding hydrogens is 749 g/mol. The number of carbonyl (C=O) groups excluding carboxylic acids is 2. The van der Waals surface area contributed by atoms with Crippen LogP contribution in [0.25, 0.3) is 21.9 Å². The number of rotatable bonds is 13. The van der Waals surface area contributed by atoms with Crippen LogP contribution in [0.4, 0.5) is 11.5 Å². The number of aliphatic hydroxyl groups is 1. The molecule has 18 heteroatoms. The molecule has 2 N–H and O–H groups in total. The third kappa shape index (κ3) is 7.32. The normalized spacial score (nSPS) is 24.0. The summed E-state index contributed by atoms with van der Waals surface area (Å²) >= 11 is 0. The summed E-state index contributed by atoms with van der Waals surface area (Å²) in [7, 11) is 0.779. The van der Waals surface area contributed by atoms with E-state index >= 15 is 0 Å². The van der Waals surface area contributed by atoms with Crippen LogP contribution in [0.3, 0.4) is 0 Å². The van der Waals surface area contributed by atoms with Crippen molar-refractivity contribution in [2.75, 3.05) is 51.2 Å². The van der Waals surface area contributed by atoms with Crippen molar-refractivity contribution in [2.45, 2.75) is 61.1 Å². The van der Waals surface area contributed by atoms with Gasteiger partial charge in [-0.15, -0.1) is 0 Å². The summed E-state index contributed by atoms with van der Waals surface area (Å²) in [5, 5.41) is 15.9. The van der Waals surface area contributed by atoms with Crippen molar-refractivity contribution in [3.8, 4) is 0 Å². The molecule has 0 bridgehead atoms. The number of imidazole rings is 1. The monoisotopic (exact) mass is 790 g/mol. The molecule has 2 unspecified atom stereocenters. The van der Waals surface area contributed by atoms with E-state index in [0.717, 1.165) is 12.0 Å². The predicted molar refractivity (Wildman–Crippen MR) is 201 cm³/mol. The predicted octanol–water partition coefficient (Wildman–Crippen LogP) is 3.22. The van der Waals surface area contributed by atoms with Gasteiger partial charge >= 0.3 is 5.97 Å². The molecule has 7 rings (SSSR count). The lowest BCUT2D eigenvalue weighted by molar-refractivity contribution is -0.256. The van der Waals surface area contributed by atoms with Gasteiger partial charge in [0.25, 0.3) is 21.8 Å². The number of carbonyl (C=O) groups is 2. The summed E-state index contributed by atoms with van der Waals surface area (Å²) in [6.07, 6.45) is -2.83. The average Bonchev–Trinajstić information content (AvgIpc) is 3.76. The average molecular weight is 791 g/mol. The van der Waals surface area contributed by atoms with E-state index in [1.165, 1.54) is 17.0 Å². The molecule has 2 aliphatic rings. The summed E-state index contributed by atoms with van der Waals surface area (Å²) in [4.78, 5) is 42.3. The summed E-state index contributed by atoms with van der Waals surface area (Å²) < 4.78 is 64.4. The van der Waals surface area contributed by atoms with E-state index in [2.05, 4.69) is 20.3 Å². The maximum atomic E-state index is 14.3. The van der Waals surface area contributed by atoms with Crippen LogP contribution in [0.2, 0.25) is 0 Å². The van der Waals surface area contributed by atoms with Gasteiger partial charge in [0, 0.05) is 49.6 Å². The number of ether oxygens (including phenoxy) is 5. The SMILES string of the molecule is CCOC(=O)[C@@]1(n2cnc3c(NC(=O)c4ccccc4)ncnc32)O[C@H](COS(=O)(=O)c2cccc3c(N(C)C)cccc23)[C@@H](O)[C@H]1OC1CC(OC)CCO1. The summed E-state index contributed by atoms with van der Waals surface area (Å²) in [6, 6.07) is 18.6. The van der Waals surface area contributed by atoms with Crippen LogP contribution in [-0.4, -0.2) is 117 Å². The van der Waals surface area contributed by atoms with Crippen molar-refractivity contribution < 1.29 is 51.0 Å². The third-order valence-corrected chi connectivity index (χ3v) is 11.1. The second kappa shape index (κ2) is 16.2. The molecule has 2 aromatic heterocycles. The summed E-state index contributed by atoms with van der Waals surface area (Å²) in [5.74, 6) is -1.46. The Morgan fingerprint density at radius 3 is 2.55 bits per heavy atom. The smallest absolute Gasteiger partial charge is 0.363 e. The minimum absolute atomic E-state index is 0.00168. The van der Waals surface area contributed by atoms with Crippen LogP contribution in [0.5, 0.6) is 0 Å². The first-order valence-corrected chi connectivity index (χ1v) is 19.4. The molecule has 0 aliphatic carbocycles. The fourth-order valence-corrected chi connectivity index (χ4v) is 8.16. The van der Waals surface area contributed by atoms with E-state index in [1.807, 2.05) is 31.1 Å². The van der Waals surface area contributed by atoms with Crippen LogP contribution >= 0.6 is 0 Å². The Morgan fingerprint density at radius 1 is 1.04 bits per heavy atom. The number of methoxy groups -OCH3 is 1. The van der Waals surface area contributed by atoms with E-state index < -0.39 is 58.9 Å². The standard InChI is InChI=1S/C38H42N6O11S/c1-5-51-37(47)38(44-22-41-31-34(39-21-40-35(31)44)42-36(46)23-11-7-6-8-12-23)33(54-30-19-24(50-4)17-18-52-30)32(45)28(55-38)20-53-56(48,49)29-16-10-13-25-26(29)14-9-15-27(25)43(2)3/h6-16,21-22,24,28,30,32-33,45H,5,17-20H2,1-4H3,(H,39,40,42,46)/t24?,28-,30?,32-,33-,38+/m1/s1. The number of hydrogen-bond donors (Lipinski definition) is 2. The van der Waals surface area contributed by atoms with Crippen molar-refractivity contribution in [3.63, 3.8) is 0 Å². The molecule has 3 aromatic carbocycles. The Balaban J connectivity index is 1.28. The van der Waals surface area contributed by atoms with E-state index in [1.54, 1.807) is 62.6 Å². The Hall–Kier alpha value is -5.08. The van der Waals surface area contributed by atoms with Crippen molar-refractivity contribution in [2.24, 2.45) is 0 Å². The highest BCUT2D eigenvalue weighted by Crippen LogP contribution is 2.43. The van der Waals surface area contributed by atoms with Crippen LogP contribution in [-0.2, 0) is 48.5 Å². The Kier molecular flexibility index (Phi) is 11.3. The number of aliphatic hydroxyl groups excluding tert-OH is 1. The molecule has 2 saturated heterocycles. The second-order valence-corrected chi connectivity index (χ2v) is 15.0. The topological polar surface area (TPSA) is 203 Å². The maximum absolute atomic E-state index is 14.3. The number of amides is 1. The van der Waals surface area contributed by atoms with Crippen LogP contribution in [0.1, 0.15) is 30.1 Å². The highest BCUT2D eigenvalue weighted by molar-refractivity contribution is 7.87. The molecular formula is C38H42N6O11S. The lowest BCUT2D eigenvalue weighted by Crippen LogP contribution is -2.55. The van der Waals surface area contributed by atoms with Gasteiger partial charge in [-0.05, 0) is 37.6 Å². The number of esters is 1. The number of nitrogens with zero attached hydrogens (tertiary/aromatic N) is 5. The first kappa shape index (κ1) is 39.2. The van der Waals surface area contributed by atoms with Gasteiger partial charge in [0.05, 0.1) is 25.9 Å². The fraction of sp³-hybridized carbons (Fsp3) is 0.395. The number of anilines is 2. The minimum atomic E-state index is -4.48. The van der Waals surface area contributed by atoms with E-state index in [4.69, 9.17) is 27.9 Å². The van der Waals surface area contributed by atoms with Crippen molar-refractivity contribution >= 4 is 55.4 Å². The number of fused-ring (bicyclic) bond motifs is 2. The molecule has 1 amide bonds. The molecule has 5 aromatic rings. The molecule has 0 radical (unpaired) electrons. The van der Waals surface area contributed by atoms with Crippen molar-refractivity contribution in [1.29, 1.82) is 0 Å². The van der Waals surface area contributed by atoms with Crippen LogP contribution < -0.4 is 10.2 Å². The van der Waals surface area contributed by atoms with Gasteiger partial charge in [0.15, 0.2) is 23.3 Å². The number of aromatic nitrogens is 4. The van der Waals surface area contributed by atoms with E-state index in [-0.39, 0.29) is 47.6 Å². The van der Waals surface area contributed by atoms with Gasteiger partial charge in [-0.2, -0.15) is 8.42 Å². The Morgan fingerprint density at radius 2 is 1.80 bits per heavy atom. The number of benzene rings is 3. The van der Waals surface area contributed by atoms with Crippen LogP contribution in [0, 0.1) is 0 Å². The fourth-order valence-electron chi connectivity index (χ4n) is 7.03. The zero-order chi connectivity index (χ0) is 39.6. The molecule has 2 aliphatic heterocycles. The highest BCUT2D eigenvalue weighted by atomic mass is 32.2. The first-order chi connectivity index (χ1) is 27.0.